The lowest BCUT2D eigenvalue weighted by atomic mass is 10.1. The maximum absolute atomic E-state index is 12.6. The van der Waals surface area contributed by atoms with E-state index in [1.165, 1.54) is 4.90 Å². The van der Waals surface area contributed by atoms with E-state index in [1.54, 1.807) is 29.2 Å². The van der Waals surface area contributed by atoms with Crippen molar-refractivity contribution < 1.29 is 24.2 Å². The molecular formula is C21H26N8O5. The highest BCUT2D eigenvalue weighted by Crippen LogP contribution is 2.21. The van der Waals surface area contributed by atoms with Crippen LogP contribution in [0.4, 0.5) is 22.2 Å². The summed E-state index contributed by atoms with van der Waals surface area (Å²) in [7, 11) is 0. The lowest BCUT2D eigenvalue weighted by molar-refractivity contribution is 0.0303. The molecule has 1 atom stereocenters. The molecule has 3 heterocycles. The monoisotopic (exact) mass is 470 g/mol. The number of hydrogen-bond acceptors (Lipinski definition) is 9. The number of ether oxygens (including phenoxy) is 1. The van der Waals surface area contributed by atoms with E-state index in [4.69, 9.17) is 10.5 Å². The van der Waals surface area contributed by atoms with E-state index in [0.717, 1.165) is 6.42 Å². The molecule has 2 aromatic rings. The Morgan fingerprint density at radius 1 is 1.06 bits per heavy atom. The number of carbonyl (C=O) groups excluding carboxylic acids is 2. The molecule has 4 rings (SSSR count). The molecule has 2 saturated heterocycles. The highest BCUT2D eigenvalue weighted by molar-refractivity contribution is 5.97. The van der Waals surface area contributed by atoms with Gasteiger partial charge in [0.1, 0.15) is 0 Å². The molecule has 1 aromatic heterocycles. The molecular weight excluding hydrogens is 444 g/mol. The van der Waals surface area contributed by atoms with E-state index < -0.39 is 12.0 Å². The van der Waals surface area contributed by atoms with E-state index in [-0.39, 0.29) is 36.0 Å². The molecule has 180 valence electrons. The van der Waals surface area contributed by atoms with Crippen molar-refractivity contribution in [2.75, 3.05) is 50.0 Å². The van der Waals surface area contributed by atoms with Crippen molar-refractivity contribution in [2.24, 2.45) is 5.73 Å². The number of amides is 3. The zero-order valence-corrected chi connectivity index (χ0v) is 18.4. The Bertz CT molecular complexity index is 1060. The number of carbonyl (C=O) groups is 3. The van der Waals surface area contributed by atoms with Crippen molar-refractivity contribution in [3.8, 4) is 0 Å². The van der Waals surface area contributed by atoms with Gasteiger partial charge in [-0.25, -0.2) is 4.79 Å². The topological polar surface area (TPSA) is 176 Å². The highest BCUT2D eigenvalue weighted by Gasteiger charge is 2.25. The molecule has 34 heavy (non-hydrogen) atoms. The summed E-state index contributed by atoms with van der Waals surface area (Å²) in [4.78, 5) is 43.1. The fourth-order valence-electron chi connectivity index (χ4n) is 3.87. The van der Waals surface area contributed by atoms with Crippen LogP contribution >= 0.6 is 0 Å². The summed E-state index contributed by atoms with van der Waals surface area (Å²) >= 11 is 0. The Morgan fingerprint density at radius 2 is 1.79 bits per heavy atom. The lowest BCUT2D eigenvalue weighted by Crippen LogP contribution is -2.44. The summed E-state index contributed by atoms with van der Waals surface area (Å²) in [6.45, 7) is 2.91. The SMILES string of the molecule is NC(=O)c1nnc(N[C@@H]2CCCN(C(=O)O)C2)nc1Nc1ccc(C(=O)N2CCOCC2)cc1. The number of piperidine rings is 1. The van der Waals surface area contributed by atoms with Crippen molar-refractivity contribution in [1.82, 2.24) is 25.0 Å². The van der Waals surface area contributed by atoms with Gasteiger partial charge in [-0.2, -0.15) is 4.98 Å². The van der Waals surface area contributed by atoms with Crippen molar-refractivity contribution >= 4 is 35.4 Å². The minimum atomic E-state index is -0.979. The molecule has 2 aliphatic heterocycles. The first-order valence-corrected chi connectivity index (χ1v) is 10.9. The third-order valence-electron chi connectivity index (χ3n) is 5.64. The van der Waals surface area contributed by atoms with Gasteiger partial charge in [-0.1, -0.05) is 0 Å². The maximum atomic E-state index is 12.6. The molecule has 0 bridgehead atoms. The molecule has 1 aromatic carbocycles. The number of aromatic nitrogens is 3. The van der Waals surface area contributed by atoms with Gasteiger partial charge in [0.25, 0.3) is 11.8 Å². The number of likely N-dealkylation sites (tertiary alicyclic amines) is 1. The molecule has 0 aliphatic carbocycles. The first kappa shape index (κ1) is 23.2. The number of hydrogen-bond donors (Lipinski definition) is 4. The van der Waals surface area contributed by atoms with Crippen LogP contribution < -0.4 is 16.4 Å². The number of morpholine rings is 1. The standard InChI is InChI=1S/C21H26N8O5/c22-17(30)16-18(25-20(27-26-16)24-15-2-1-7-29(12-15)21(32)33)23-14-5-3-13(4-6-14)19(31)28-8-10-34-11-9-28/h3-6,15H,1-2,7-12H2,(H2,22,30)(H,32,33)(H2,23,24,25,27)/t15-/m1/s1. The van der Waals surface area contributed by atoms with Gasteiger partial charge in [0.05, 0.1) is 13.2 Å². The molecule has 0 unspecified atom stereocenters. The van der Waals surface area contributed by atoms with Crippen LogP contribution in [-0.4, -0.2) is 93.4 Å². The van der Waals surface area contributed by atoms with Gasteiger partial charge < -0.3 is 36.0 Å². The van der Waals surface area contributed by atoms with Crippen molar-refractivity contribution in [1.29, 1.82) is 0 Å². The van der Waals surface area contributed by atoms with Crippen LogP contribution in [0.15, 0.2) is 24.3 Å². The lowest BCUT2D eigenvalue weighted by Gasteiger charge is -2.31. The minimum Gasteiger partial charge on any atom is -0.465 e. The summed E-state index contributed by atoms with van der Waals surface area (Å²) < 4.78 is 5.28. The predicted molar refractivity (Wildman–Crippen MR) is 121 cm³/mol. The second kappa shape index (κ2) is 10.3. The summed E-state index contributed by atoms with van der Waals surface area (Å²) in [5.74, 6) is -0.638. The average Bonchev–Trinajstić information content (AvgIpc) is 2.85. The van der Waals surface area contributed by atoms with Crippen LogP contribution in [-0.2, 0) is 4.74 Å². The maximum Gasteiger partial charge on any atom is 0.407 e. The third kappa shape index (κ3) is 5.49. The van der Waals surface area contributed by atoms with E-state index in [1.807, 2.05) is 0 Å². The third-order valence-corrected chi connectivity index (χ3v) is 5.64. The van der Waals surface area contributed by atoms with Crippen LogP contribution in [0.5, 0.6) is 0 Å². The van der Waals surface area contributed by atoms with Crippen molar-refractivity contribution in [3.05, 3.63) is 35.5 Å². The fraction of sp³-hybridized carbons (Fsp3) is 0.429. The molecule has 13 heteroatoms. The van der Waals surface area contributed by atoms with Crippen molar-refractivity contribution in [3.63, 3.8) is 0 Å². The van der Waals surface area contributed by atoms with Crippen LogP contribution in [0.1, 0.15) is 33.7 Å². The zero-order chi connectivity index (χ0) is 24.1. The smallest absolute Gasteiger partial charge is 0.407 e. The minimum absolute atomic E-state index is 0.0780. The van der Waals surface area contributed by atoms with Gasteiger partial charge in [-0.15, -0.1) is 10.2 Å². The van der Waals surface area contributed by atoms with Crippen LogP contribution in [0, 0.1) is 0 Å². The molecule has 13 nitrogen and oxygen atoms in total. The Labute approximate surface area is 195 Å². The highest BCUT2D eigenvalue weighted by atomic mass is 16.5. The molecule has 2 fully saturated rings. The predicted octanol–water partition coefficient (Wildman–Crippen LogP) is 0.741. The van der Waals surface area contributed by atoms with Gasteiger partial charge >= 0.3 is 6.09 Å². The summed E-state index contributed by atoms with van der Waals surface area (Å²) in [6.07, 6.45) is 0.469. The van der Waals surface area contributed by atoms with Crippen molar-refractivity contribution in [2.45, 2.75) is 18.9 Å². The van der Waals surface area contributed by atoms with Crippen LogP contribution in [0.2, 0.25) is 0 Å². The number of nitrogens with zero attached hydrogens (tertiary/aromatic N) is 5. The largest absolute Gasteiger partial charge is 0.465 e. The molecule has 0 radical (unpaired) electrons. The Hall–Kier alpha value is -4.00. The molecule has 5 N–H and O–H groups in total. The fourth-order valence-corrected chi connectivity index (χ4v) is 3.87. The number of benzene rings is 1. The van der Waals surface area contributed by atoms with E-state index in [9.17, 15) is 19.5 Å². The van der Waals surface area contributed by atoms with Crippen LogP contribution in [0.3, 0.4) is 0 Å². The Morgan fingerprint density at radius 3 is 2.47 bits per heavy atom. The molecule has 2 aliphatic rings. The summed E-state index contributed by atoms with van der Waals surface area (Å²) in [5.41, 5.74) is 6.39. The van der Waals surface area contributed by atoms with E-state index >= 15 is 0 Å². The number of anilines is 3. The summed E-state index contributed by atoms with van der Waals surface area (Å²) in [5, 5.41) is 23.1. The van der Waals surface area contributed by atoms with Gasteiger partial charge in [-0.05, 0) is 37.1 Å². The number of primary amides is 1. The first-order valence-electron chi connectivity index (χ1n) is 10.9. The quantitative estimate of drug-likeness (QED) is 0.471. The second-order valence-corrected chi connectivity index (χ2v) is 8.02. The average molecular weight is 470 g/mol. The van der Waals surface area contributed by atoms with E-state index in [2.05, 4.69) is 25.8 Å². The van der Waals surface area contributed by atoms with Gasteiger partial charge in [0, 0.05) is 43.5 Å². The summed E-state index contributed by atoms with van der Waals surface area (Å²) in [6, 6.07) is 6.56. The van der Waals surface area contributed by atoms with Gasteiger partial charge in [0.2, 0.25) is 5.95 Å². The molecule has 0 saturated carbocycles. The normalized spacial score (nSPS) is 18.3. The van der Waals surface area contributed by atoms with Gasteiger partial charge in [-0.3, -0.25) is 9.59 Å². The van der Waals surface area contributed by atoms with Gasteiger partial charge in [0.15, 0.2) is 11.5 Å². The number of carboxylic acid groups (broad SMARTS) is 1. The van der Waals surface area contributed by atoms with E-state index in [0.29, 0.717) is 50.5 Å². The Kier molecular flexibility index (Phi) is 7.01. The number of nitrogens with two attached hydrogens (primary N) is 1. The first-order chi connectivity index (χ1) is 16.4. The number of rotatable bonds is 6. The molecule has 0 spiro atoms. The Balaban J connectivity index is 1.47. The second-order valence-electron chi connectivity index (χ2n) is 8.02. The molecule has 3 amide bonds. The zero-order valence-electron chi connectivity index (χ0n) is 18.4. The van der Waals surface area contributed by atoms with Crippen LogP contribution in [0.25, 0.3) is 0 Å². The number of nitrogens with one attached hydrogen (secondary N) is 2.